The zero-order chi connectivity index (χ0) is 17.9. The molecule has 0 bridgehead atoms. The zero-order valence-corrected chi connectivity index (χ0v) is 15.0. The lowest BCUT2D eigenvalue weighted by molar-refractivity contribution is -0.127. The molecule has 2 fully saturated rings. The summed E-state index contributed by atoms with van der Waals surface area (Å²) < 4.78 is 4.95. The van der Waals surface area contributed by atoms with Crippen LogP contribution in [0, 0.1) is 12.8 Å². The van der Waals surface area contributed by atoms with E-state index in [0.29, 0.717) is 24.7 Å². The highest BCUT2D eigenvalue weighted by molar-refractivity contribution is 5.92. The van der Waals surface area contributed by atoms with Crippen LogP contribution in [0.15, 0.2) is 12.4 Å². The number of nitrogens with zero attached hydrogens (tertiary/aromatic N) is 3. The Labute approximate surface area is 148 Å². The Morgan fingerprint density at radius 1 is 1.28 bits per heavy atom. The van der Waals surface area contributed by atoms with Gasteiger partial charge in [0.15, 0.2) is 0 Å². The van der Waals surface area contributed by atoms with Gasteiger partial charge in [-0.25, -0.2) is 4.98 Å². The number of rotatable bonds is 6. The lowest BCUT2D eigenvalue weighted by atomic mass is 9.82. The molecule has 2 heterocycles. The van der Waals surface area contributed by atoms with Crippen molar-refractivity contribution >= 4 is 11.8 Å². The molecule has 1 saturated heterocycles. The van der Waals surface area contributed by atoms with E-state index in [4.69, 9.17) is 4.74 Å². The van der Waals surface area contributed by atoms with Crippen LogP contribution in [0.3, 0.4) is 0 Å². The van der Waals surface area contributed by atoms with Crippen LogP contribution in [0.1, 0.15) is 48.3 Å². The van der Waals surface area contributed by atoms with Gasteiger partial charge in [-0.3, -0.25) is 14.6 Å². The largest absolute Gasteiger partial charge is 0.375 e. The third kappa shape index (κ3) is 4.54. The fourth-order valence-electron chi connectivity index (χ4n) is 3.52. The Hall–Kier alpha value is -2.02. The second-order valence-electron chi connectivity index (χ2n) is 7.24. The van der Waals surface area contributed by atoms with E-state index in [0.717, 1.165) is 25.0 Å². The van der Waals surface area contributed by atoms with Gasteiger partial charge in [0.1, 0.15) is 12.3 Å². The van der Waals surface area contributed by atoms with E-state index in [-0.39, 0.29) is 24.0 Å². The zero-order valence-electron chi connectivity index (χ0n) is 15.0. The van der Waals surface area contributed by atoms with Crippen LogP contribution < -0.4 is 5.32 Å². The van der Waals surface area contributed by atoms with Crippen LogP contribution in [0.25, 0.3) is 0 Å². The van der Waals surface area contributed by atoms with Crippen molar-refractivity contribution in [2.45, 2.75) is 44.6 Å². The Kier molecular flexibility index (Phi) is 5.32. The van der Waals surface area contributed by atoms with Gasteiger partial charge in [0.05, 0.1) is 11.9 Å². The number of amides is 2. The van der Waals surface area contributed by atoms with E-state index >= 15 is 0 Å². The van der Waals surface area contributed by atoms with Crippen molar-refractivity contribution in [1.82, 2.24) is 20.2 Å². The number of carbonyl (C=O) groups is 2. The molecule has 0 spiro atoms. The van der Waals surface area contributed by atoms with Crippen LogP contribution in [0.2, 0.25) is 0 Å². The van der Waals surface area contributed by atoms with Gasteiger partial charge in [-0.1, -0.05) is 12.8 Å². The quantitative estimate of drug-likeness (QED) is 0.840. The Balaban J connectivity index is 1.63. The maximum atomic E-state index is 12.6. The van der Waals surface area contributed by atoms with Gasteiger partial charge >= 0.3 is 0 Å². The summed E-state index contributed by atoms with van der Waals surface area (Å²) in [5.41, 5.74) is 0.954. The molecule has 1 aromatic heterocycles. The molecular weight excluding hydrogens is 320 g/mol. The first kappa shape index (κ1) is 17.8. The van der Waals surface area contributed by atoms with E-state index in [1.165, 1.54) is 26.1 Å². The molecule has 3 rings (SSSR count). The second-order valence-corrected chi connectivity index (χ2v) is 7.24. The van der Waals surface area contributed by atoms with Crippen LogP contribution in [-0.2, 0) is 9.53 Å². The first-order chi connectivity index (χ1) is 12.0. The molecule has 7 heteroatoms. The normalized spacial score (nSPS) is 19.5. The minimum atomic E-state index is -0.216. The predicted octanol–water partition coefficient (Wildman–Crippen LogP) is 1.32. The average molecular weight is 346 g/mol. The summed E-state index contributed by atoms with van der Waals surface area (Å²) in [6.07, 6.45) is 8.15. The van der Waals surface area contributed by atoms with Gasteiger partial charge < -0.3 is 15.0 Å². The highest BCUT2D eigenvalue weighted by Crippen LogP contribution is 2.40. The van der Waals surface area contributed by atoms with Crippen LogP contribution in [0.4, 0.5) is 0 Å². The highest BCUT2D eigenvalue weighted by Gasteiger charge is 2.41. The standard InChI is InChI=1S/C18H26N4O3/c1-13-10-20-15(11-19-13)17(24)22-7-5-18(6-8-22,9-14-3-4-14)21-16(23)12-25-2/h10-11,14H,3-9,12H2,1-2H3,(H,21,23). The van der Waals surface area contributed by atoms with E-state index in [1.54, 1.807) is 6.20 Å². The van der Waals surface area contributed by atoms with Crippen LogP contribution >= 0.6 is 0 Å². The molecule has 136 valence electrons. The molecule has 0 unspecified atom stereocenters. The molecule has 2 aliphatic rings. The molecule has 1 aliphatic carbocycles. The maximum Gasteiger partial charge on any atom is 0.274 e. The summed E-state index contributed by atoms with van der Waals surface area (Å²) in [5, 5.41) is 3.18. The van der Waals surface area contributed by atoms with Gasteiger partial charge in [0, 0.05) is 31.9 Å². The van der Waals surface area contributed by atoms with Crippen molar-refractivity contribution < 1.29 is 14.3 Å². The Bertz CT molecular complexity index is 620. The summed E-state index contributed by atoms with van der Waals surface area (Å²) in [5.74, 6) is 0.538. The number of carbonyl (C=O) groups excluding carboxylic acids is 2. The van der Waals surface area contributed by atoms with E-state index < -0.39 is 0 Å². The molecule has 7 nitrogen and oxygen atoms in total. The van der Waals surface area contributed by atoms with Gasteiger partial charge in [0.25, 0.3) is 5.91 Å². The number of hydrogen-bond donors (Lipinski definition) is 1. The van der Waals surface area contributed by atoms with E-state index in [2.05, 4.69) is 15.3 Å². The number of nitrogens with one attached hydrogen (secondary N) is 1. The number of ether oxygens (including phenoxy) is 1. The molecule has 0 radical (unpaired) electrons. The molecule has 1 saturated carbocycles. The van der Waals surface area contributed by atoms with Gasteiger partial charge in [-0.05, 0) is 32.1 Å². The number of methoxy groups -OCH3 is 1. The lowest BCUT2D eigenvalue weighted by Crippen LogP contribution is -2.57. The number of hydrogen-bond acceptors (Lipinski definition) is 5. The fourth-order valence-corrected chi connectivity index (χ4v) is 3.52. The van der Waals surface area contributed by atoms with Crippen molar-refractivity contribution in [1.29, 1.82) is 0 Å². The molecular formula is C18H26N4O3. The summed E-state index contributed by atoms with van der Waals surface area (Å²) in [6.45, 7) is 3.16. The predicted molar refractivity (Wildman–Crippen MR) is 92.0 cm³/mol. The minimum absolute atomic E-state index is 0.0765. The van der Waals surface area contributed by atoms with E-state index in [9.17, 15) is 9.59 Å². The average Bonchev–Trinajstić information content (AvgIpc) is 3.39. The van der Waals surface area contributed by atoms with Gasteiger partial charge in [-0.2, -0.15) is 0 Å². The monoisotopic (exact) mass is 346 g/mol. The third-order valence-electron chi connectivity index (χ3n) is 5.06. The third-order valence-corrected chi connectivity index (χ3v) is 5.06. The minimum Gasteiger partial charge on any atom is -0.375 e. The van der Waals surface area contributed by atoms with Crippen molar-refractivity contribution in [3.05, 3.63) is 23.8 Å². The molecule has 1 aromatic rings. The second kappa shape index (κ2) is 7.47. The SMILES string of the molecule is COCC(=O)NC1(CC2CC2)CCN(C(=O)c2cnc(C)cn2)CC1. The van der Waals surface area contributed by atoms with Crippen molar-refractivity contribution in [2.75, 3.05) is 26.8 Å². The number of aromatic nitrogens is 2. The van der Waals surface area contributed by atoms with Crippen LogP contribution in [0.5, 0.6) is 0 Å². The van der Waals surface area contributed by atoms with Crippen molar-refractivity contribution in [2.24, 2.45) is 5.92 Å². The fraction of sp³-hybridized carbons (Fsp3) is 0.667. The molecule has 1 N–H and O–H groups in total. The van der Waals surface area contributed by atoms with Crippen LogP contribution in [-0.4, -0.2) is 59.0 Å². The lowest BCUT2D eigenvalue weighted by Gasteiger charge is -2.42. The van der Waals surface area contributed by atoms with Crippen molar-refractivity contribution in [3.8, 4) is 0 Å². The Morgan fingerprint density at radius 3 is 2.56 bits per heavy atom. The molecule has 0 aromatic carbocycles. The van der Waals surface area contributed by atoms with E-state index in [1.807, 2.05) is 11.8 Å². The summed E-state index contributed by atoms with van der Waals surface area (Å²) in [7, 11) is 1.52. The van der Waals surface area contributed by atoms with Gasteiger partial charge in [-0.15, -0.1) is 0 Å². The number of piperidine rings is 1. The van der Waals surface area contributed by atoms with Crippen molar-refractivity contribution in [3.63, 3.8) is 0 Å². The molecule has 1 aliphatic heterocycles. The number of aryl methyl sites for hydroxylation is 1. The first-order valence-corrected chi connectivity index (χ1v) is 8.89. The summed E-state index contributed by atoms with van der Waals surface area (Å²) >= 11 is 0. The van der Waals surface area contributed by atoms with Gasteiger partial charge in [0.2, 0.25) is 5.91 Å². The summed E-state index contributed by atoms with van der Waals surface area (Å²) in [6, 6.07) is 0. The smallest absolute Gasteiger partial charge is 0.274 e. The topological polar surface area (TPSA) is 84.4 Å². The maximum absolute atomic E-state index is 12.6. The molecule has 2 amide bonds. The number of likely N-dealkylation sites (tertiary alicyclic amines) is 1. The highest BCUT2D eigenvalue weighted by atomic mass is 16.5. The summed E-state index contributed by atoms with van der Waals surface area (Å²) in [4.78, 5) is 34.8. The molecule has 0 atom stereocenters. The first-order valence-electron chi connectivity index (χ1n) is 8.89. The molecule has 25 heavy (non-hydrogen) atoms. The Morgan fingerprint density at radius 2 is 2.00 bits per heavy atom.